The summed E-state index contributed by atoms with van der Waals surface area (Å²) in [6, 6.07) is 16.4. The predicted molar refractivity (Wildman–Crippen MR) is 119 cm³/mol. The molecule has 0 saturated carbocycles. The maximum Gasteiger partial charge on any atom is 0.313 e. The van der Waals surface area contributed by atoms with Crippen molar-refractivity contribution in [2.24, 2.45) is 0 Å². The molecule has 0 aliphatic heterocycles. The minimum Gasteiger partial charge on any atom is -0.493 e. The summed E-state index contributed by atoms with van der Waals surface area (Å²) in [5.74, 6) is 0.189. The van der Waals surface area contributed by atoms with Crippen LogP contribution in [0, 0.1) is 10.1 Å². The summed E-state index contributed by atoms with van der Waals surface area (Å²) < 4.78 is 16.1. The van der Waals surface area contributed by atoms with E-state index in [9.17, 15) is 14.9 Å². The van der Waals surface area contributed by atoms with Gasteiger partial charge in [0.15, 0.2) is 11.5 Å². The fourth-order valence-electron chi connectivity index (χ4n) is 2.94. The topological polar surface area (TPSA) is 99.9 Å². The van der Waals surface area contributed by atoms with Gasteiger partial charge >= 0.3 is 5.69 Å². The van der Waals surface area contributed by atoms with E-state index in [0.717, 1.165) is 11.1 Å². The molecule has 0 saturated heterocycles. The number of hydrogen-bond donors (Lipinski definition) is 1. The lowest BCUT2D eigenvalue weighted by Crippen LogP contribution is -2.22. The summed E-state index contributed by atoms with van der Waals surface area (Å²) in [6.45, 7) is 0.879. The Hall–Kier alpha value is -3.62. The molecule has 1 N–H and O–H groups in total. The first-order valence-electron chi connectivity index (χ1n) is 9.56. The average molecular weight is 457 g/mol. The predicted octanol–water partition coefficient (Wildman–Crippen LogP) is 5.13. The van der Waals surface area contributed by atoms with E-state index in [2.05, 4.69) is 5.32 Å². The first-order chi connectivity index (χ1) is 15.4. The molecule has 0 aliphatic carbocycles. The highest BCUT2D eigenvalue weighted by Crippen LogP contribution is 2.37. The van der Waals surface area contributed by atoms with Crippen molar-refractivity contribution in [1.29, 1.82) is 0 Å². The standard InChI is InChI=1S/C23H21ClN2O6/c1-30-14-16-5-3-15(4-6-16)13-25-23(27)17-7-9-21(22(11-17)31-2)32-20-10-8-18(24)12-19(20)26(28)29/h3-12H,13-14H2,1-2H3,(H,25,27). The molecule has 8 nitrogen and oxygen atoms in total. The van der Waals surface area contributed by atoms with Crippen LogP contribution in [0.5, 0.6) is 17.2 Å². The molecule has 0 atom stereocenters. The summed E-state index contributed by atoms with van der Waals surface area (Å²) >= 11 is 5.84. The van der Waals surface area contributed by atoms with Crippen LogP contribution in [0.1, 0.15) is 21.5 Å². The molecule has 0 heterocycles. The maximum atomic E-state index is 12.6. The number of methoxy groups -OCH3 is 2. The highest BCUT2D eigenvalue weighted by molar-refractivity contribution is 6.30. The summed E-state index contributed by atoms with van der Waals surface area (Å²) in [4.78, 5) is 23.3. The zero-order chi connectivity index (χ0) is 23.1. The van der Waals surface area contributed by atoms with Gasteiger partial charge in [-0.25, -0.2) is 0 Å². The number of hydrogen-bond acceptors (Lipinski definition) is 6. The third-order valence-corrected chi connectivity index (χ3v) is 4.79. The molecule has 0 aromatic heterocycles. The van der Waals surface area contributed by atoms with Crippen LogP contribution in [0.3, 0.4) is 0 Å². The third-order valence-electron chi connectivity index (χ3n) is 4.55. The average Bonchev–Trinajstić information content (AvgIpc) is 2.79. The van der Waals surface area contributed by atoms with Crippen molar-refractivity contribution >= 4 is 23.2 Å². The smallest absolute Gasteiger partial charge is 0.313 e. The van der Waals surface area contributed by atoms with Gasteiger partial charge < -0.3 is 19.5 Å². The Bertz CT molecular complexity index is 1120. The molecule has 3 rings (SSSR count). The molecule has 0 fully saturated rings. The van der Waals surface area contributed by atoms with Crippen molar-refractivity contribution in [3.63, 3.8) is 0 Å². The van der Waals surface area contributed by atoms with Crippen LogP contribution in [-0.4, -0.2) is 25.1 Å². The Kier molecular flexibility index (Phi) is 7.64. The second-order valence-electron chi connectivity index (χ2n) is 6.77. The second kappa shape index (κ2) is 10.6. The zero-order valence-corrected chi connectivity index (χ0v) is 18.2. The molecule has 0 unspecified atom stereocenters. The summed E-state index contributed by atoms with van der Waals surface area (Å²) in [5, 5.41) is 14.3. The van der Waals surface area contributed by atoms with Crippen LogP contribution >= 0.6 is 11.6 Å². The Morgan fingerprint density at radius 3 is 2.31 bits per heavy atom. The molecule has 3 aromatic rings. The third kappa shape index (κ3) is 5.75. The van der Waals surface area contributed by atoms with Crippen molar-refractivity contribution in [2.45, 2.75) is 13.2 Å². The van der Waals surface area contributed by atoms with Gasteiger partial charge in [0.05, 0.1) is 18.6 Å². The first kappa shape index (κ1) is 23.1. The fraction of sp³-hybridized carbons (Fsp3) is 0.174. The number of benzene rings is 3. The minimum atomic E-state index is -0.586. The van der Waals surface area contributed by atoms with Crippen molar-refractivity contribution in [2.75, 3.05) is 14.2 Å². The molecule has 3 aromatic carbocycles. The monoisotopic (exact) mass is 456 g/mol. The number of halogens is 1. The van der Waals surface area contributed by atoms with Crippen LogP contribution in [0.15, 0.2) is 60.7 Å². The molecular weight excluding hydrogens is 436 g/mol. The van der Waals surface area contributed by atoms with Crippen molar-refractivity contribution in [3.8, 4) is 17.2 Å². The normalized spacial score (nSPS) is 10.5. The Morgan fingerprint density at radius 2 is 1.66 bits per heavy atom. The van der Waals surface area contributed by atoms with Crippen LogP contribution in [-0.2, 0) is 17.9 Å². The Balaban J connectivity index is 1.72. The molecule has 1 amide bonds. The summed E-state index contributed by atoms with van der Waals surface area (Å²) in [6.07, 6.45) is 0. The van der Waals surface area contributed by atoms with E-state index in [-0.39, 0.29) is 33.9 Å². The van der Waals surface area contributed by atoms with E-state index < -0.39 is 4.92 Å². The van der Waals surface area contributed by atoms with Crippen LogP contribution < -0.4 is 14.8 Å². The number of nitrogens with one attached hydrogen (secondary N) is 1. The molecule has 0 bridgehead atoms. The number of amides is 1. The van der Waals surface area contributed by atoms with Gasteiger partial charge in [-0.15, -0.1) is 0 Å². The summed E-state index contributed by atoms with van der Waals surface area (Å²) in [7, 11) is 3.05. The molecule has 0 radical (unpaired) electrons. The van der Waals surface area contributed by atoms with Gasteiger partial charge in [0.2, 0.25) is 5.75 Å². The maximum absolute atomic E-state index is 12.6. The second-order valence-corrected chi connectivity index (χ2v) is 7.21. The van der Waals surface area contributed by atoms with Gasteiger partial charge in [-0.2, -0.15) is 0 Å². The number of carbonyl (C=O) groups excluding carboxylic acids is 1. The first-order valence-corrected chi connectivity index (χ1v) is 9.94. The van der Waals surface area contributed by atoms with E-state index in [1.807, 2.05) is 24.3 Å². The largest absolute Gasteiger partial charge is 0.493 e. The number of nitro groups is 1. The molecule has 9 heteroatoms. The molecule has 166 valence electrons. The van der Waals surface area contributed by atoms with Crippen LogP contribution in [0.2, 0.25) is 5.02 Å². The van der Waals surface area contributed by atoms with E-state index in [4.69, 9.17) is 25.8 Å². The van der Waals surface area contributed by atoms with Crippen molar-refractivity contribution in [3.05, 3.63) is 92.5 Å². The molecule has 0 spiro atoms. The van der Waals surface area contributed by atoms with E-state index in [0.29, 0.717) is 18.7 Å². The van der Waals surface area contributed by atoms with Gasteiger partial charge in [-0.3, -0.25) is 14.9 Å². The molecule has 0 aliphatic rings. The highest BCUT2D eigenvalue weighted by Gasteiger charge is 2.19. The van der Waals surface area contributed by atoms with Gasteiger partial charge in [0, 0.05) is 30.3 Å². The van der Waals surface area contributed by atoms with Crippen molar-refractivity contribution in [1.82, 2.24) is 5.32 Å². The fourth-order valence-corrected chi connectivity index (χ4v) is 3.10. The molecule has 32 heavy (non-hydrogen) atoms. The van der Waals surface area contributed by atoms with E-state index in [1.54, 1.807) is 13.2 Å². The van der Waals surface area contributed by atoms with Gasteiger partial charge in [0.1, 0.15) is 0 Å². The minimum absolute atomic E-state index is 0.00632. The zero-order valence-electron chi connectivity index (χ0n) is 17.5. The van der Waals surface area contributed by atoms with E-state index >= 15 is 0 Å². The van der Waals surface area contributed by atoms with Crippen LogP contribution in [0.25, 0.3) is 0 Å². The number of ether oxygens (including phenoxy) is 3. The number of rotatable bonds is 9. The lowest BCUT2D eigenvalue weighted by molar-refractivity contribution is -0.385. The lowest BCUT2D eigenvalue weighted by atomic mass is 10.1. The van der Waals surface area contributed by atoms with Crippen LogP contribution in [0.4, 0.5) is 5.69 Å². The number of carbonyl (C=O) groups is 1. The van der Waals surface area contributed by atoms with E-state index in [1.165, 1.54) is 37.4 Å². The Morgan fingerprint density at radius 1 is 0.969 bits per heavy atom. The van der Waals surface area contributed by atoms with Gasteiger partial charge in [-0.05, 0) is 41.5 Å². The lowest BCUT2D eigenvalue weighted by Gasteiger charge is -2.12. The number of nitro benzene ring substituents is 1. The summed E-state index contributed by atoms with van der Waals surface area (Å²) in [5.41, 5.74) is 2.07. The number of nitrogens with zero attached hydrogens (tertiary/aromatic N) is 1. The quantitative estimate of drug-likeness (QED) is 0.354. The highest BCUT2D eigenvalue weighted by atomic mass is 35.5. The molecular formula is C23H21ClN2O6. The van der Waals surface area contributed by atoms with Gasteiger partial charge in [0.25, 0.3) is 5.91 Å². The Labute approximate surface area is 189 Å². The van der Waals surface area contributed by atoms with Crippen molar-refractivity contribution < 1.29 is 23.9 Å². The van der Waals surface area contributed by atoms with Gasteiger partial charge in [-0.1, -0.05) is 35.9 Å². The SMILES string of the molecule is COCc1ccc(CNC(=O)c2ccc(Oc3ccc(Cl)cc3[N+](=O)[O-])c(OC)c2)cc1.